The smallest absolute Gasteiger partial charge is 0.244 e. The molecule has 5 nitrogen and oxygen atoms in total. The molecule has 2 N–H and O–H groups in total. The fraction of sp³-hybridized carbons (Fsp3) is 0.118. The highest BCUT2D eigenvalue weighted by atomic mass is 32.1. The second-order valence-electron chi connectivity index (χ2n) is 4.92. The van der Waals surface area contributed by atoms with Crippen molar-refractivity contribution in [1.82, 2.24) is 5.32 Å². The standard InChI is InChI=1S/C17H15NO4S/c19-16(6-5-14-3-1-8-21-14)18-12-17(20,13-7-10-23-11-13)15-4-2-9-22-15/h1-11,20H,12H2,(H,18,19). The maximum absolute atomic E-state index is 11.9. The number of hydrogen-bond acceptors (Lipinski definition) is 5. The van der Waals surface area contributed by atoms with Crippen molar-refractivity contribution in [3.05, 3.63) is 76.8 Å². The van der Waals surface area contributed by atoms with E-state index in [1.165, 1.54) is 29.9 Å². The highest BCUT2D eigenvalue weighted by Crippen LogP contribution is 2.30. The molecule has 3 aromatic rings. The van der Waals surface area contributed by atoms with E-state index in [0.29, 0.717) is 17.1 Å². The van der Waals surface area contributed by atoms with Gasteiger partial charge in [0.1, 0.15) is 11.5 Å². The highest BCUT2D eigenvalue weighted by molar-refractivity contribution is 7.08. The number of carbonyl (C=O) groups excluding carboxylic acids is 1. The predicted octanol–water partition coefficient (Wildman–Crippen LogP) is 3.00. The second kappa shape index (κ2) is 6.68. The molecule has 3 rings (SSSR count). The van der Waals surface area contributed by atoms with Gasteiger partial charge in [0.25, 0.3) is 0 Å². The Hall–Kier alpha value is -2.57. The topological polar surface area (TPSA) is 75.6 Å². The average molecular weight is 329 g/mol. The van der Waals surface area contributed by atoms with E-state index in [-0.39, 0.29) is 12.5 Å². The van der Waals surface area contributed by atoms with Crippen molar-refractivity contribution < 1.29 is 18.7 Å². The first-order valence-electron chi connectivity index (χ1n) is 6.97. The molecule has 0 aromatic carbocycles. The summed E-state index contributed by atoms with van der Waals surface area (Å²) >= 11 is 1.47. The number of furan rings is 2. The van der Waals surface area contributed by atoms with E-state index >= 15 is 0 Å². The van der Waals surface area contributed by atoms with Crippen molar-refractivity contribution in [1.29, 1.82) is 0 Å². The summed E-state index contributed by atoms with van der Waals surface area (Å²) < 4.78 is 10.5. The van der Waals surface area contributed by atoms with E-state index in [9.17, 15) is 9.90 Å². The zero-order valence-corrected chi connectivity index (χ0v) is 13.0. The molecule has 0 saturated heterocycles. The lowest BCUT2D eigenvalue weighted by Crippen LogP contribution is -2.40. The van der Waals surface area contributed by atoms with Crippen molar-refractivity contribution in [2.45, 2.75) is 5.60 Å². The Bertz CT molecular complexity index is 724. The van der Waals surface area contributed by atoms with Crippen molar-refractivity contribution in [2.24, 2.45) is 0 Å². The summed E-state index contributed by atoms with van der Waals surface area (Å²) in [5.74, 6) is 0.632. The molecule has 0 bridgehead atoms. The zero-order chi connectivity index (χ0) is 16.1. The van der Waals surface area contributed by atoms with Gasteiger partial charge < -0.3 is 19.3 Å². The van der Waals surface area contributed by atoms with E-state index in [1.807, 2.05) is 10.8 Å². The molecule has 0 aliphatic carbocycles. The zero-order valence-electron chi connectivity index (χ0n) is 12.1. The number of aliphatic hydroxyl groups is 1. The van der Waals surface area contributed by atoms with E-state index in [2.05, 4.69) is 5.32 Å². The quantitative estimate of drug-likeness (QED) is 0.682. The van der Waals surface area contributed by atoms with E-state index < -0.39 is 5.60 Å². The van der Waals surface area contributed by atoms with Crippen LogP contribution in [0.4, 0.5) is 0 Å². The Balaban J connectivity index is 1.71. The minimum absolute atomic E-state index is 0.00141. The second-order valence-corrected chi connectivity index (χ2v) is 5.70. The van der Waals surface area contributed by atoms with Crippen LogP contribution in [0.5, 0.6) is 0 Å². The van der Waals surface area contributed by atoms with Crippen molar-refractivity contribution >= 4 is 23.3 Å². The van der Waals surface area contributed by atoms with Gasteiger partial charge in [0.2, 0.25) is 5.91 Å². The van der Waals surface area contributed by atoms with Gasteiger partial charge in [-0.2, -0.15) is 11.3 Å². The molecule has 0 spiro atoms. The summed E-state index contributed by atoms with van der Waals surface area (Å²) in [6.45, 7) is -0.00141. The van der Waals surface area contributed by atoms with E-state index in [1.54, 1.807) is 36.4 Å². The number of amides is 1. The normalized spacial score (nSPS) is 14.0. The van der Waals surface area contributed by atoms with Crippen LogP contribution in [0.1, 0.15) is 17.1 Å². The van der Waals surface area contributed by atoms with E-state index in [0.717, 1.165) is 0 Å². The minimum Gasteiger partial charge on any atom is -0.466 e. The van der Waals surface area contributed by atoms with Crippen LogP contribution < -0.4 is 5.32 Å². The van der Waals surface area contributed by atoms with Crippen LogP contribution in [-0.4, -0.2) is 17.6 Å². The molecule has 0 aliphatic heterocycles. The molecule has 1 atom stereocenters. The van der Waals surface area contributed by atoms with Gasteiger partial charge >= 0.3 is 0 Å². The molecule has 1 amide bonds. The molecule has 118 valence electrons. The largest absolute Gasteiger partial charge is 0.466 e. The fourth-order valence-electron chi connectivity index (χ4n) is 2.16. The Morgan fingerprint density at radius 2 is 2.09 bits per heavy atom. The van der Waals surface area contributed by atoms with Gasteiger partial charge in [0, 0.05) is 11.6 Å². The average Bonchev–Trinajstić information content (AvgIpc) is 3.33. The van der Waals surface area contributed by atoms with Crippen LogP contribution in [0.2, 0.25) is 0 Å². The molecule has 0 radical (unpaired) electrons. The first kappa shape index (κ1) is 15.3. The van der Waals surface area contributed by atoms with Gasteiger partial charge in [-0.25, -0.2) is 0 Å². The number of thiophene rings is 1. The Labute approximate surface area is 136 Å². The fourth-order valence-corrected chi connectivity index (χ4v) is 2.89. The molecule has 3 heterocycles. The third kappa shape index (κ3) is 3.44. The van der Waals surface area contributed by atoms with Gasteiger partial charge in [-0.15, -0.1) is 0 Å². The van der Waals surface area contributed by atoms with Crippen LogP contribution in [0.3, 0.4) is 0 Å². The maximum Gasteiger partial charge on any atom is 0.244 e. The lowest BCUT2D eigenvalue weighted by Gasteiger charge is -2.25. The molecule has 1 unspecified atom stereocenters. The summed E-state index contributed by atoms with van der Waals surface area (Å²) in [6.07, 6.45) is 5.94. The summed E-state index contributed by atoms with van der Waals surface area (Å²) in [4.78, 5) is 11.9. The monoisotopic (exact) mass is 329 g/mol. The Morgan fingerprint density at radius 1 is 1.26 bits per heavy atom. The molecular formula is C17H15NO4S. The predicted molar refractivity (Wildman–Crippen MR) is 86.8 cm³/mol. The van der Waals surface area contributed by atoms with Crippen LogP contribution >= 0.6 is 11.3 Å². The molecule has 0 aliphatic rings. The summed E-state index contributed by atoms with van der Waals surface area (Å²) in [5, 5.41) is 17.4. The number of rotatable bonds is 6. The lowest BCUT2D eigenvalue weighted by atomic mass is 9.93. The van der Waals surface area contributed by atoms with Gasteiger partial charge in [-0.05, 0) is 47.2 Å². The summed E-state index contributed by atoms with van der Waals surface area (Å²) in [5.41, 5.74) is -0.731. The summed E-state index contributed by atoms with van der Waals surface area (Å²) in [6, 6.07) is 8.67. The number of hydrogen-bond donors (Lipinski definition) is 2. The molecule has 0 saturated carbocycles. The maximum atomic E-state index is 11.9. The Kier molecular flexibility index (Phi) is 4.45. The Morgan fingerprint density at radius 3 is 2.74 bits per heavy atom. The molecule has 23 heavy (non-hydrogen) atoms. The minimum atomic E-state index is -1.41. The van der Waals surface area contributed by atoms with Crippen LogP contribution in [0.25, 0.3) is 6.08 Å². The third-order valence-electron chi connectivity index (χ3n) is 3.39. The number of carbonyl (C=O) groups is 1. The first-order valence-corrected chi connectivity index (χ1v) is 7.91. The molecule has 0 fully saturated rings. The van der Waals surface area contributed by atoms with E-state index in [4.69, 9.17) is 8.83 Å². The van der Waals surface area contributed by atoms with Gasteiger partial charge in [-0.3, -0.25) is 4.79 Å². The van der Waals surface area contributed by atoms with Gasteiger partial charge in [0.05, 0.1) is 19.1 Å². The van der Waals surface area contributed by atoms with Crippen LogP contribution in [0.15, 0.2) is 68.5 Å². The lowest BCUT2D eigenvalue weighted by molar-refractivity contribution is -0.117. The SMILES string of the molecule is O=C(C=Cc1ccco1)NCC(O)(c1ccsc1)c1ccco1. The van der Waals surface area contributed by atoms with Crippen molar-refractivity contribution in [3.63, 3.8) is 0 Å². The first-order chi connectivity index (χ1) is 11.2. The van der Waals surface area contributed by atoms with Crippen molar-refractivity contribution in [2.75, 3.05) is 6.54 Å². The molecule has 3 aromatic heterocycles. The summed E-state index contributed by atoms with van der Waals surface area (Å²) in [7, 11) is 0. The van der Waals surface area contributed by atoms with Crippen molar-refractivity contribution in [3.8, 4) is 0 Å². The van der Waals surface area contributed by atoms with Gasteiger partial charge in [0.15, 0.2) is 5.60 Å². The van der Waals surface area contributed by atoms with Crippen LogP contribution in [0, 0.1) is 0 Å². The third-order valence-corrected chi connectivity index (χ3v) is 4.07. The van der Waals surface area contributed by atoms with Crippen LogP contribution in [-0.2, 0) is 10.4 Å². The molecular weight excluding hydrogens is 314 g/mol. The highest BCUT2D eigenvalue weighted by Gasteiger charge is 2.35. The van der Waals surface area contributed by atoms with Gasteiger partial charge in [-0.1, -0.05) is 0 Å². The molecule has 6 heteroatoms. The number of nitrogens with one attached hydrogen (secondary N) is 1.